The van der Waals surface area contributed by atoms with Gasteiger partial charge in [-0.05, 0) is 36.8 Å². The summed E-state index contributed by atoms with van der Waals surface area (Å²) in [6, 6.07) is 6.39. The first kappa shape index (κ1) is 11.4. The van der Waals surface area contributed by atoms with E-state index in [4.69, 9.17) is 5.73 Å². The number of nitrogen functional groups attached to an aromatic ring is 1. The first-order valence-corrected chi connectivity index (χ1v) is 5.78. The quantitative estimate of drug-likeness (QED) is 0.620. The average Bonchev–Trinajstić information content (AvgIpc) is 2.63. The summed E-state index contributed by atoms with van der Waals surface area (Å²) in [6.07, 6.45) is 3.17. The molecule has 0 unspecified atom stereocenters. The molecule has 2 N–H and O–H groups in total. The van der Waals surface area contributed by atoms with Crippen molar-refractivity contribution in [3.63, 3.8) is 0 Å². The van der Waals surface area contributed by atoms with Crippen molar-refractivity contribution in [2.75, 3.05) is 10.6 Å². The van der Waals surface area contributed by atoms with Crippen LogP contribution >= 0.6 is 0 Å². The molecule has 19 heavy (non-hydrogen) atoms. The third-order valence-corrected chi connectivity index (χ3v) is 3.14. The number of pyridine rings is 1. The highest BCUT2D eigenvalue weighted by Crippen LogP contribution is 2.30. The monoisotopic (exact) mass is 253 g/mol. The molecule has 94 valence electrons. The standard InChI is InChI=1S/C14H11N3O2/c1-8-7-16-5-4-12(8)17-13(18)10-3-2-9(15)6-11(10)14(17)19/h2-7H,15H2,1H3. The lowest BCUT2D eigenvalue weighted by molar-refractivity contribution is 0.0926. The van der Waals surface area contributed by atoms with E-state index < -0.39 is 0 Å². The van der Waals surface area contributed by atoms with E-state index in [2.05, 4.69) is 4.98 Å². The zero-order chi connectivity index (χ0) is 13.6. The molecule has 3 rings (SSSR count). The second-order valence-corrected chi connectivity index (χ2v) is 4.41. The van der Waals surface area contributed by atoms with Crippen LogP contribution in [0.4, 0.5) is 11.4 Å². The second-order valence-electron chi connectivity index (χ2n) is 4.41. The molecular formula is C14H11N3O2. The Balaban J connectivity index is 2.16. The number of aromatic nitrogens is 1. The predicted octanol–water partition coefficient (Wildman–Crippen LogP) is 1.77. The Kier molecular flexibility index (Phi) is 2.35. The minimum atomic E-state index is -0.346. The predicted molar refractivity (Wildman–Crippen MR) is 71.0 cm³/mol. The highest BCUT2D eigenvalue weighted by Gasteiger charge is 2.37. The van der Waals surface area contributed by atoms with Crippen LogP contribution in [0.5, 0.6) is 0 Å². The van der Waals surface area contributed by atoms with Crippen LogP contribution in [0.15, 0.2) is 36.7 Å². The van der Waals surface area contributed by atoms with Gasteiger partial charge in [-0.1, -0.05) is 0 Å². The van der Waals surface area contributed by atoms with Gasteiger partial charge < -0.3 is 5.73 Å². The summed E-state index contributed by atoms with van der Waals surface area (Å²) in [5.41, 5.74) is 8.18. The summed E-state index contributed by atoms with van der Waals surface area (Å²) >= 11 is 0. The number of rotatable bonds is 1. The number of hydrogen-bond acceptors (Lipinski definition) is 4. The molecule has 1 aliphatic heterocycles. The molecule has 1 aliphatic rings. The Morgan fingerprint density at radius 3 is 2.58 bits per heavy atom. The zero-order valence-corrected chi connectivity index (χ0v) is 10.3. The molecule has 0 spiro atoms. The Morgan fingerprint density at radius 2 is 1.84 bits per heavy atom. The van der Waals surface area contributed by atoms with Gasteiger partial charge in [0.15, 0.2) is 0 Å². The molecule has 5 nitrogen and oxygen atoms in total. The molecule has 0 radical (unpaired) electrons. The van der Waals surface area contributed by atoms with Crippen molar-refractivity contribution in [3.05, 3.63) is 53.3 Å². The van der Waals surface area contributed by atoms with Crippen molar-refractivity contribution in [2.45, 2.75) is 6.92 Å². The van der Waals surface area contributed by atoms with E-state index in [0.717, 1.165) is 5.56 Å². The molecule has 1 aromatic carbocycles. The lowest BCUT2D eigenvalue weighted by Crippen LogP contribution is -2.30. The molecule has 2 aromatic rings. The minimum Gasteiger partial charge on any atom is -0.399 e. The Bertz CT molecular complexity index is 710. The highest BCUT2D eigenvalue weighted by molar-refractivity contribution is 6.34. The van der Waals surface area contributed by atoms with E-state index in [9.17, 15) is 9.59 Å². The van der Waals surface area contributed by atoms with Gasteiger partial charge in [0.25, 0.3) is 11.8 Å². The fourth-order valence-corrected chi connectivity index (χ4v) is 2.19. The van der Waals surface area contributed by atoms with Crippen LogP contribution < -0.4 is 10.6 Å². The number of fused-ring (bicyclic) bond motifs is 1. The number of aryl methyl sites for hydroxylation is 1. The summed E-state index contributed by atoms with van der Waals surface area (Å²) in [4.78, 5) is 29.8. The summed E-state index contributed by atoms with van der Waals surface area (Å²) in [5.74, 6) is -0.670. The Hall–Kier alpha value is -2.69. The van der Waals surface area contributed by atoms with Crippen LogP contribution in [0.3, 0.4) is 0 Å². The van der Waals surface area contributed by atoms with Crippen molar-refractivity contribution in [2.24, 2.45) is 0 Å². The SMILES string of the molecule is Cc1cnccc1N1C(=O)c2ccc(N)cc2C1=O. The fraction of sp³-hybridized carbons (Fsp3) is 0.0714. The summed E-state index contributed by atoms with van der Waals surface area (Å²) < 4.78 is 0. The maximum Gasteiger partial charge on any atom is 0.266 e. The molecule has 2 heterocycles. The molecule has 0 atom stereocenters. The third-order valence-electron chi connectivity index (χ3n) is 3.14. The van der Waals surface area contributed by atoms with Crippen LogP contribution in [-0.2, 0) is 0 Å². The van der Waals surface area contributed by atoms with Crippen LogP contribution in [-0.4, -0.2) is 16.8 Å². The fourth-order valence-electron chi connectivity index (χ4n) is 2.19. The molecule has 0 aliphatic carbocycles. The van der Waals surface area contributed by atoms with Gasteiger partial charge in [0.05, 0.1) is 16.8 Å². The largest absolute Gasteiger partial charge is 0.399 e. The average molecular weight is 253 g/mol. The van der Waals surface area contributed by atoms with E-state index in [1.807, 2.05) is 0 Å². The van der Waals surface area contributed by atoms with Gasteiger partial charge >= 0.3 is 0 Å². The number of hydrogen-bond donors (Lipinski definition) is 1. The van der Waals surface area contributed by atoms with Crippen LogP contribution in [0.25, 0.3) is 0 Å². The van der Waals surface area contributed by atoms with Crippen molar-refractivity contribution >= 4 is 23.2 Å². The Morgan fingerprint density at radius 1 is 1.11 bits per heavy atom. The van der Waals surface area contributed by atoms with Gasteiger partial charge in [-0.15, -0.1) is 0 Å². The highest BCUT2D eigenvalue weighted by atomic mass is 16.2. The van der Waals surface area contributed by atoms with E-state index in [-0.39, 0.29) is 11.8 Å². The normalized spacial score (nSPS) is 13.8. The number of nitrogens with zero attached hydrogens (tertiary/aromatic N) is 2. The van der Waals surface area contributed by atoms with Crippen molar-refractivity contribution in [1.82, 2.24) is 4.98 Å². The van der Waals surface area contributed by atoms with Gasteiger partial charge in [-0.25, -0.2) is 4.90 Å². The van der Waals surface area contributed by atoms with Gasteiger partial charge in [-0.3, -0.25) is 14.6 Å². The first-order valence-electron chi connectivity index (χ1n) is 5.78. The molecule has 0 saturated heterocycles. The number of imide groups is 1. The van der Waals surface area contributed by atoms with Gasteiger partial charge in [0.2, 0.25) is 0 Å². The number of nitrogens with two attached hydrogens (primary N) is 1. The lowest BCUT2D eigenvalue weighted by atomic mass is 10.1. The minimum absolute atomic E-state index is 0.325. The van der Waals surface area contributed by atoms with Crippen LogP contribution in [0, 0.1) is 6.92 Å². The molecule has 1 aromatic heterocycles. The topological polar surface area (TPSA) is 76.3 Å². The number of anilines is 2. The summed E-state index contributed by atoms with van der Waals surface area (Å²) in [6.45, 7) is 1.81. The molecule has 5 heteroatoms. The number of carbonyl (C=O) groups is 2. The molecule has 0 saturated carbocycles. The number of amides is 2. The molecule has 2 amide bonds. The second kappa shape index (κ2) is 3.91. The van der Waals surface area contributed by atoms with E-state index in [1.54, 1.807) is 37.5 Å². The Labute approximate surface area is 109 Å². The molecular weight excluding hydrogens is 242 g/mol. The van der Waals surface area contributed by atoms with Crippen molar-refractivity contribution in [3.8, 4) is 0 Å². The van der Waals surface area contributed by atoms with Crippen LogP contribution in [0.1, 0.15) is 26.3 Å². The third kappa shape index (κ3) is 1.59. The summed E-state index contributed by atoms with van der Waals surface area (Å²) in [5, 5.41) is 0. The smallest absolute Gasteiger partial charge is 0.266 e. The maximum absolute atomic E-state index is 12.3. The number of benzene rings is 1. The van der Waals surface area contributed by atoms with E-state index >= 15 is 0 Å². The van der Waals surface area contributed by atoms with Gasteiger partial charge in [0, 0.05) is 18.1 Å². The summed E-state index contributed by atoms with van der Waals surface area (Å²) in [7, 11) is 0. The van der Waals surface area contributed by atoms with E-state index in [0.29, 0.717) is 22.5 Å². The van der Waals surface area contributed by atoms with Crippen molar-refractivity contribution in [1.29, 1.82) is 0 Å². The zero-order valence-electron chi connectivity index (χ0n) is 10.3. The lowest BCUT2D eigenvalue weighted by Gasteiger charge is -2.15. The van der Waals surface area contributed by atoms with Crippen molar-refractivity contribution < 1.29 is 9.59 Å². The van der Waals surface area contributed by atoms with Gasteiger partial charge in [-0.2, -0.15) is 0 Å². The molecule has 0 bridgehead atoms. The van der Waals surface area contributed by atoms with E-state index in [1.165, 1.54) is 11.0 Å². The number of carbonyl (C=O) groups excluding carboxylic acids is 2. The van der Waals surface area contributed by atoms with Gasteiger partial charge in [0.1, 0.15) is 0 Å². The first-order chi connectivity index (χ1) is 9.09. The molecule has 0 fully saturated rings. The maximum atomic E-state index is 12.3. The van der Waals surface area contributed by atoms with Crippen LogP contribution in [0.2, 0.25) is 0 Å².